The third-order valence-corrected chi connectivity index (χ3v) is 7.68. The number of nitrogens with one attached hydrogen (secondary N) is 3. The van der Waals surface area contributed by atoms with Gasteiger partial charge in [0, 0.05) is 26.6 Å². The Hall–Kier alpha value is -3.39. The molecule has 0 aliphatic carbocycles. The van der Waals surface area contributed by atoms with E-state index in [0.717, 1.165) is 36.1 Å². The van der Waals surface area contributed by atoms with E-state index in [9.17, 15) is 14.4 Å². The van der Waals surface area contributed by atoms with Crippen LogP contribution in [0.2, 0.25) is 0 Å². The van der Waals surface area contributed by atoms with Crippen LogP contribution in [-0.2, 0) is 27.2 Å². The Balaban J connectivity index is 1.92. The van der Waals surface area contributed by atoms with E-state index in [-0.39, 0.29) is 29.6 Å². The van der Waals surface area contributed by atoms with E-state index in [0.29, 0.717) is 26.1 Å². The third kappa shape index (κ3) is 8.55. The van der Waals surface area contributed by atoms with E-state index < -0.39 is 18.1 Å². The van der Waals surface area contributed by atoms with Crippen LogP contribution in [-0.4, -0.2) is 67.5 Å². The summed E-state index contributed by atoms with van der Waals surface area (Å²) < 4.78 is 6.10. The largest absolute Gasteiger partial charge is 0.492 e. The molecular weight excluding hydrogens is 504 g/mol. The van der Waals surface area contributed by atoms with Gasteiger partial charge in [0.2, 0.25) is 17.7 Å². The minimum atomic E-state index is -0.766. The van der Waals surface area contributed by atoms with Crippen molar-refractivity contribution in [2.45, 2.75) is 71.5 Å². The highest BCUT2D eigenvalue weighted by Crippen LogP contribution is 2.20. The Morgan fingerprint density at radius 2 is 1.65 bits per heavy atom. The van der Waals surface area contributed by atoms with Crippen LogP contribution in [0.25, 0.3) is 0 Å². The van der Waals surface area contributed by atoms with Gasteiger partial charge in [-0.1, -0.05) is 82.6 Å². The van der Waals surface area contributed by atoms with Crippen LogP contribution in [0.3, 0.4) is 0 Å². The Bertz CT molecular complexity index is 1110. The molecule has 0 aromatic heterocycles. The monoisotopic (exact) mass is 550 g/mol. The van der Waals surface area contributed by atoms with Crippen LogP contribution in [0.4, 0.5) is 0 Å². The normalized spacial score (nSPS) is 22.8. The molecule has 0 saturated heterocycles. The molecule has 3 N–H and O–H groups in total. The fourth-order valence-electron chi connectivity index (χ4n) is 5.21. The average molecular weight is 551 g/mol. The first kappa shape index (κ1) is 31.1. The van der Waals surface area contributed by atoms with Gasteiger partial charge in [-0.05, 0) is 41.9 Å². The number of benzene rings is 2. The molecule has 0 bridgehead atoms. The average Bonchev–Trinajstić information content (AvgIpc) is 2.94. The summed E-state index contributed by atoms with van der Waals surface area (Å²) in [6, 6.07) is 15.6. The van der Waals surface area contributed by atoms with Crippen LogP contribution < -0.4 is 20.7 Å². The number of ether oxygens (including phenoxy) is 1. The molecule has 8 heteroatoms. The van der Waals surface area contributed by atoms with E-state index in [1.165, 1.54) is 0 Å². The Morgan fingerprint density at radius 3 is 2.35 bits per heavy atom. The fraction of sp³-hybridized carbons (Fsp3) is 0.531. The number of amides is 3. The van der Waals surface area contributed by atoms with Crippen molar-refractivity contribution in [1.29, 1.82) is 0 Å². The summed E-state index contributed by atoms with van der Waals surface area (Å²) in [5.41, 5.74) is 2.02. The van der Waals surface area contributed by atoms with Crippen molar-refractivity contribution in [1.82, 2.24) is 20.9 Å². The first-order valence-corrected chi connectivity index (χ1v) is 14.6. The second-order valence-electron chi connectivity index (χ2n) is 11.1. The van der Waals surface area contributed by atoms with Gasteiger partial charge in [0.15, 0.2) is 0 Å². The van der Waals surface area contributed by atoms with Gasteiger partial charge in [-0.2, -0.15) is 0 Å². The van der Waals surface area contributed by atoms with Gasteiger partial charge in [0.05, 0.1) is 6.04 Å². The lowest BCUT2D eigenvalue weighted by Crippen LogP contribution is -2.59. The van der Waals surface area contributed by atoms with Gasteiger partial charge in [-0.15, -0.1) is 0 Å². The zero-order valence-corrected chi connectivity index (χ0v) is 24.6. The molecule has 1 aliphatic rings. The van der Waals surface area contributed by atoms with Gasteiger partial charge >= 0.3 is 0 Å². The highest BCUT2D eigenvalue weighted by Gasteiger charge is 2.36. The standard InChI is InChI=1S/C32H46N4O4/c1-6-23(4)28-32(39)36(5)29(22(2)3)31(38)35-26(21-24-13-8-7-9-14-24)30(37)34-18-12-16-25-15-10-11-17-27(25)40-20-19-33-28/h7-11,13-15,17,22-23,26,28-29,33H,6,12,16,18-21H2,1-5H3,(H,34,37)(H,35,38)/t23?,26-,28+,29+/m1/s1. The molecule has 2 aromatic rings. The Morgan fingerprint density at radius 1 is 0.950 bits per heavy atom. The highest BCUT2D eigenvalue weighted by atomic mass is 16.5. The number of fused-ring (bicyclic) bond motifs is 1. The lowest BCUT2D eigenvalue weighted by atomic mass is 9.95. The number of nitrogens with zero attached hydrogens (tertiary/aromatic N) is 1. The lowest BCUT2D eigenvalue weighted by molar-refractivity contribution is -0.143. The molecule has 1 unspecified atom stereocenters. The minimum absolute atomic E-state index is 0.0558. The van der Waals surface area contributed by atoms with Crippen LogP contribution in [0, 0.1) is 11.8 Å². The van der Waals surface area contributed by atoms with Gasteiger partial charge in [0.1, 0.15) is 24.4 Å². The van der Waals surface area contributed by atoms with Crippen molar-refractivity contribution in [2.24, 2.45) is 11.8 Å². The van der Waals surface area contributed by atoms with E-state index in [4.69, 9.17) is 4.74 Å². The Kier molecular flexibility index (Phi) is 12.0. The van der Waals surface area contributed by atoms with Crippen molar-refractivity contribution in [3.63, 3.8) is 0 Å². The predicted octanol–water partition coefficient (Wildman–Crippen LogP) is 3.34. The number of carbonyl (C=O) groups is 3. The van der Waals surface area contributed by atoms with Crippen LogP contribution >= 0.6 is 0 Å². The maximum atomic E-state index is 13.8. The maximum absolute atomic E-state index is 13.8. The molecule has 3 rings (SSSR count). The van der Waals surface area contributed by atoms with E-state index in [1.807, 2.05) is 75.4 Å². The van der Waals surface area contributed by atoms with Crippen molar-refractivity contribution in [3.8, 4) is 5.75 Å². The van der Waals surface area contributed by atoms with Gasteiger partial charge in [-0.3, -0.25) is 14.4 Å². The first-order chi connectivity index (χ1) is 19.2. The molecule has 0 fully saturated rings. The van der Waals surface area contributed by atoms with E-state index in [2.05, 4.69) is 22.9 Å². The van der Waals surface area contributed by atoms with Gasteiger partial charge < -0.3 is 25.6 Å². The molecule has 3 amide bonds. The van der Waals surface area contributed by atoms with Crippen molar-refractivity contribution >= 4 is 17.7 Å². The summed E-state index contributed by atoms with van der Waals surface area (Å²) >= 11 is 0. The molecule has 0 radical (unpaired) electrons. The molecule has 1 aliphatic heterocycles. The highest BCUT2D eigenvalue weighted by molar-refractivity contribution is 5.93. The molecule has 0 saturated carbocycles. The first-order valence-electron chi connectivity index (χ1n) is 14.6. The molecular formula is C32H46N4O4. The Labute approximate surface area is 239 Å². The number of likely N-dealkylation sites (N-methyl/N-ethyl adjacent to an activating group) is 1. The zero-order valence-electron chi connectivity index (χ0n) is 24.6. The summed E-state index contributed by atoms with van der Waals surface area (Å²) in [6.07, 6.45) is 2.64. The topological polar surface area (TPSA) is 99.8 Å². The molecule has 2 aromatic carbocycles. The molecule has 0 spiro atoms. The number of hydrogen-bond donors (Lipinski definition) is 3. The number of para-hydroxylation sites is 1. The van der Waals surface area contributed by atoms with E-state index in [1.54, 1.807) is 11.9 Å². The second-order valence-corrected chi connectivity index (χ2v) is 11.1. The maximum Gasteiger partial charge on any atom is 0.243 e. The lowest BCUT2D eigenvalue weighted by Gasteiger charge is -2.35. The molecule has 8 nitrogen and oxygen atoms in total. The summed E-state index contributed by atoms with van der Waals surface area (Å²) in [7, 11) is 1.68. The fourth-order valence-corrected chi connectivity index (χ4v) is 5.21. The SMILES string of the molecule is CCC(C)[C@@H]1NCCOc2ccccc2CCCNC(=O)[C@@H](Cc2ccccc2)NC(=O)[C@H](C(C)C)N(C)C1=O. The van der Waals surface area contributed by atoms with E-state index >= 15 is 0 Å². The summed E-state index contributed by atoms with van der Waals surface area (Å²) in [6.45, 7) is 9.31. The summed E-state index contributed by atoms with van der Waals surface area (Å²) in [5, 5.41) is 9.40. The predicted molar refractivity (Wildman–Crippen MR) is 158 cm³/mol. The summed E-state index contributed by atoms with van der Waals surface area (Å²) in [5.74, 6) is 0.00237. The number of rotatable bonds is 5. The second kappa shape index (κ2) is 15.4. The number of aryl methyl sites for hydroxylation is 1. The third-order valence-electron chi connectivity index (χ3n) is 7.68. The summed E-state index contributed by atoms with van der Waals surface area (Å²) in [4.78, 5) is 42.4. The number of carbonyl (C=O) groups excluding carboxylic acids is 3. The van der Waals surface area contributed by atoms with Crippen LogP contribution in [0.5, 0.6) is 5.75 Å². The number of hydrogen-bond acceptors (Lipinski definition) is 5. The zero-order chi connectivity index (χ0) is 29.1. The van der Waals surface area contributed by atoms with Gasteiger partial charge in [-0.25, -0.2) is 0 Å². The molecule has 1 heterocycles. The minimum Gasteiger partial charge on any atom is -0.492 e. The van der Waals surface area contributed by atoms with Crippen LogP contribution in [0.1, 0.15) is 51.7 Å². The molecule has 4 atom stereocenters. The van der Waals surface area contributed by atoms with Crippen molar-refractivity contribution in [2.75, 3.05) is 26.7 Å². The quantitative estimate of drug-likeness (QED) is 0.530. The van der Waals surface area contributed by atoms with Gasteiger partial charge in [0.25, 0.3) is 0 Å². The molecule has 218 valence electrons. The van der Waals surface area contributed by atoms with Crippen molar-refractivity contribution in [3.05, 3.63) is 65.7 Å². The van der Waals surface area contributed by atoms with Crippen LogP contribution in [0.15, 0.2) is 54.6 Å². The molecule has 40 heavy (non-hydrogen) atoms. The van der Waals surface area contributed by atoms with Crippen molar-refractivity contribution < 1.29 is 19.1 Å². The smallest absolute Gasteiger partial charge is 0.243 e.